The maximum Gasteiger partial charge on any atom is 0.220 e. The van der Waals surface area contributed by atoms with Crippen LogP contribution in [-0.2, 0) is 4.79 Å². The predicted octanol–water partition coefficient (Wildman–Crippen LogP) is -1.82. The standard InChI is InChI=1S/C4H7NO.CH3NO2/c6-4-2-1-3-5-4;2-1(3)4/h1-3H2,(H,5,6);2H2,(H,3,4)/p-1. The molecular weight excluding hydrogens is 136 g/mol. The molecule has 1 aliphatic heterocycles. The van der Waals surface area contributed by atoms with Gasteiger partial charge in [-0.3, -0.25) is 4.79 Å². The van der Waals surface area contributed by atoms with Crippen LogP contribution in [0.2, 0.25) is 0 Å². The zero-order valence-electron chi connectivity index (χ0n) is 5.42. The highest BCUT2D eigenvalue weighted by molar-refractivity contribution is 5.77. The van der Waals surface area contributed by atoms with Crippen molar-refractivity contribution in [3.63, 3.8) is 0 Å². The summed E-state index contributed by atoms with van der Waals surface area (Å²) < 4.78 is 0. The van der Waals surface area contributed by atoms with Gasteiger partial charge in [0.25, 0.3) is 0 Å². The molecule has 1 heterocycles. The zero-order valence-corrected chi connectivity index (χ0v) is 5.42. The SMILES string of the molecule is NC(=O)[O-].O=C1CCCN1. The Labute approximate surface area is 58.2 Å². The van der Waals surface area contributed by atoms with Crippen LogP contribution in [0.15, 0.2) is 0 Å². The van der Waals surface area contributed by atoms with Gasteiger partial charge in [-0.05, 0) is 6.42 Å². The third kappa shape index (κ3) is 6.74. The second kappa shape index (κ2) is 4.60. The third-order valence-electron chi connectivity index (χ3n) is 0.903. The molecule has 0 saturated carbocycles. The first kappa shape index (κ1) is 8.74. The molecular formula is C5H9N2O3-. The minimum Gasteiger partial charge on any atom is -0.530 e. The summed E-state index contributed by atoms with van der Waals surface area (Å²) in [5.41, 5.74) is 3.92. The van der Waals surface area contributed by atoms with Gasteiger partial charge in [0, 0.05) is 13.0 Å². The van der Waals surface area contributed by atoms with Crippen LogP contribution < -0.4 is 16.2 Å². The Balaban J connectivity index is 0.000000180. The lowest BCUT2D eigenvalue weighted by molar-refractivity contribution is -0.245. The molecule has 0 unspecified atom stereocenters. The van der Waals surface area contributed by atoms with E-state index in [1.165, 1.54) is 0 Å². The number of nitrogens with one attached hydrogen (secondary N) is 1. The van der Waals surface area contributed by atoms with E-state index in [4.69, 9.17) is 9.90 Å². The summed E-state index contributed by atoms with van der Waals surface area (Å²) in [6.45, 7) is 0.888. The normalized spacial score (nSPS) is 15.0. The second-order valence-corrected chi connectivity index (χ2v) is 1.77. The first-order valence-electron chi connectivity index (χ1n) is 2.86. The second-order valence-electron chi connectivity index (χ2n) is 1.77. The zero-order chi connectivity index (χ0) is 7.98. The van der Waals surface area contributed by atoms with Gasteiger partial charge in [0.05, 0.1) is 0 Å². The predicted molar refractivity (Wildman–Crippen MR) is 31.8 cm³/mol. The summed E-state index contributed by atoms with van der Waals surface area (Å²) in [5, 5.41) is 11.3. The Morgan fingerprint density at radius 1 is 1.70 bits per heavy atom. The Morgan fingerprint density at radius 3 is 2.30 bits per heavy atom. The molecule has 0 aliphatic carbocycles. The molecule has 58 valence electrons. The Kier molecular flexibility index (Phi) is 4.02. The van der Waals surface area contributed by atoms with Gasteiger partial charge in [0.2, 0.25) is 5.91 Å². The highest BCUT2D eigenvalue weighted by atomic mass is 16.4. The number of primary amides is 1. The monoisotopic (exact) mass is 145 g/mol. The molecule has 0 spiro atoms. The van der Waals surface area contributed by atoms with Crippen LogP contribution in [0.25, 0.3) is 0 Å². The molecule has 1 aliphatic rings. The van der Waals surface area contributed by atoms with Crippen LogP contribution in [-0.4, -0.2) is 18.5 Å². The van der Waals surface area contributed by atoms with E-state index in [-0.39, 0.29) is 5.91 Å². The van der Waals surface area contributed by atoms with E-state index in [1.807, 2.05) is 0 Å². The molecule has 0 atom stereocenters. The van der Waals surface area contributed by atoms with Crippen molar-refractivity contribution in [3.05, 3.63) is 0 Å². The average Bonchev–Trinajstić information content (AvgIpc) is 2.15. The van der Waals surface area contributed by atoms with Gasteiger partial charge < -0.3 is 21.0 Å². The molecule has 10 heavy (non-hydrogen) atoms. The summed E-state index contributed by atoms with van der Waals surface area (Å²) >= 11 is 0. The molecule has 1 fully saturated rings. The Morgan fingerprint density at radius 2 is 2.20 bits per heavy atom. The fourth-order valence-electron chi connectivity index (χ4n) is 0.565. The fourth-order valence-corrected chi connectivity index (χ4v) is 0.565. The van der Waals surface area contributed by atoms with Crippen LogP contribution in [0.4, 0.5) is 4.79 Å². The van der Waals surface area contributed by atoms with Gasteiger partial charge in [-0.25, -0.2) is 0 Å². The van der Waals surface area contributed by atoms with Crippen LogP contribution >= 0.6 is 0 Å². The van der Waals surface area contributed by atoms with Crippen molar-refractivity contribution in [2.24, 2.45) is 5.73 Å². The Hall–Kier alpha value is -1.26. The lowest BCUT2D eigenvalue weighted by Gasteiger charge is -1.80. The minimum absolute atomic E-state index is 0.204. The highest BCUT2D eigenvalue weighted by Crippen LogP contribution is 1.93. The molecule has 5 nitrogen and oxygen atoms in total. The number of hydrogen-bond acceptors (Lipinski definition) is 3. The smallest absolute Gasteiger partial charge is 0.220 e. The number of amides is 2. The molecule has 0 bridgehead atoms. The number of nitrogens with two attached hydrogens (primary N) is 1. The quantitative estimate of drug-likeness (QED) is 0.420. The molecule has 5 heteroatoms. The van der Waals surface area contributed by atoms with E-state index in [9.17, 15) is 4.79 Å². The molecule has 0 aromatic rings. The maximum atomic E-state index is 10.1. The molecule has 0 radical (unpaired) electrons. The molecule has 1 rings (SSSR count). The van der Waals surface area contributed by atoms with Crippen LogP contribution in [0.5, 0.6) is 0 Å². The van der Waals surface area contributed by atoms with Crippen molar-refractivity contribution in [2.45, 2.75) is 12.8 Å². The van der Waals surface area contributed by atoms with Crippen LogP contribution in [0.3, 0.4) is 0 Å². The highest BCUT2D eigenvalue weighted by Gasteiger charge is 2.05. The average molecular weight is 145 g/mol. The van der Waals surface area contributed by atoms with E-state index in [2.05, 4.69) is 11.1 Å². The lowest BCUT2D eigenvalue weighted by Crippen LogP contribution is -2.29. The first-order chi connectivity index (χ1) is 4.63. The molecule has 3 N–H and O–H groups in total. The van der Waals surface area contributed by atoms with E-state index in [0.717, 1.165) is 19.4 Å². The van der Waals surface area contributed by atoms with Gasteiger partial charge in [-0.2, -0.15) is 0 Å². The number of hydrogen-bond donors (Lipinski definition) is 2. The van der Waals surface area contributed by atoms with Gasteiger partial charge in [0.1, 0.15) is 6.09 Å². The van der Waals surface area contributed by atoms with Crippen LogP contribution in [0.1, 0.15) is 12.8 Å². The summed E-state index contributed by atoms with van der Waals surface area (Å²) in [5.74, 6) is 0.204. The van der Waals surface area contributed by atoms with Crippen molar-refractivity contribution in [2.75, 3.05) is 6.54 Å². The van der Waals surface area contributed by atoms with Gasteiger partial charge in [-0.15, -0.1) is 0 Å². The van der Waals surface area contributed by atoms with Gasteiger partial charge >= 0.3 is 0 Å². The molecule has 0 aromatic heterocycles. The number of rotatable bonds is 0. The van der Waals surface area contributed by atoms with Crippen molar-refractivity contribution in [3.8, 4) is 0 Å². The lowest BCUT2D eigenvalue weighted by atomic mass is 10.4. The number of carboxylic acid groups (broad SMARTS) is 1. The summed E-state index contributed by atoms with van der Waals surface area (Å²) in [4.78, 5) is 18.8. The summed E-state index contributed by atoms with van der Waals surface area (Å²) in [7, 11) is 0. The van der Waals surface area contributed by atoms with Crippen molar-refractivity contribution < 1.29 is 14.7 Å². The van der Waals surface area contributed by atoms with Crippen LogP contribution in [0, 0.1) is 0 Å². The molecule has 1 saturated heterocycles. The summed E-state index contributed by atoms with van der Waals surface area (Å²) in [6.07, 6.45) is 0.179. The van der Waals surface area contributed by atoms with Crippen molar-refractivity contribution in [1.82, 2.24) is 5.32 Å². The molecule has 0 aromatic carbocycles. The number of carbonyl (C=O) groups excluding carboxylic acids is 2. The first-order valence-corrected chi connectivity index (χ1v) is 2.86. The van der Waals surface area contributed by atoms with E-state index in [1.54, 1.807) is 0 Å². The van der Waals surface area contributed by atoms with E-state index < -0.39 is 6.09 Å². The molecule has 2 amide bonds. The summed E-state index contributed by atoms with van der Waals surface area (Å²) in [6, 6.07) is 0. The topological polar surface area (TPSA) is 95.2 Å². The number of carbonyl (C=O) groups is 2. The Bertz CT molecular complexity index is 123. The largest absolute Gasteiger partial charge is 0.530 e. The minimum atomic E-state index is -1.58. The van der Waals surface area contributed by atoms with Crippen molar-refractivity contribution in [1.29, 1.82) is 0 Å². The van der Waals surface area contributed by atoms with Gasteiger partial charge in [0.15, 0.2) is 0 Å². The van der Waals surface area contributed by atoms with E-state index >= 15 is 0 Å². The van der Waals surface area contributed by atoms with Gasteiger partial charge in [-0.1, -0.05) is 0 Å². The maximum absolute atomic E-state index is 10.1. The van der Waals surface area contributed by atoms with E-state index in [0.29, 0.717) is 0 Å². The van der Waals surface area contributed by atoms with Crippen molar-refractivity contribution >= 4 is 12.0 Å². The fraction of sp³-hybridized carbons (Fsp3) is 0.600. The third-order valence-corrected chi connectivity index (χ3v) is 0.903.